The van der Waals surface area contributed by atoms with Crippen molar-refractivity contribution in [3.63, 3.8) is 0 Å². The van der Waals surface area contributed by atoms with Gasteiger partial charge in [-0.2, -0.15) is 0 Å². The minimum absolute atomic E-state index is 0.0771. The lowest BCUT2D eigenvalue weighted by atomic mass is 10.1. The molecule has 0 saturated carbocycles. The summed E-state index contributed by atoms with van der Waals surface area (Å²) in [5, 5.41) is 11.4. The van der Waals surface area contributed by atoms with Crippen LogP contribution in [0, 0.1) is 11.8 Å². The minimum Gasteiger partial charge on any atom is -0.506 e. The van der Waals surface area contributed by atoms with E-state index in [1.54, 1.807) is 6.07 Å². The van der Waals surface area contributed by atoms with E-state index in [9.17, 15) is 13.5 Å². The maximum absolute atomic E-state index is 11.2. The van der Waals surface area contributed by atoms with E-state index in [1.165, 1.54) is 11.3 Å². The SMILES string of the molecule is C=CS(=O)(=O)NCCCCCOc1cccc(CC#Cc2cc(O)c3nc(N)sc3c2)c1. The smallest absolute Gasteiger partial charge is 0.233 e. The molecule has 0 aliphatic rings. The van der Waals surface area contributed by atoms with E-state index in [0.29, 0.717) is 35.8 Å². The number of unbranched alkanes of at least 4 members (excludes halogenated alkanes) is 2. The first kappa shape index (κ1) is 23.6. The summed E-state index contributed by atoms with van der Waals surface area (Å²) in [6.45, 7) is 4.20. The third-order valence-electron chi connectivity index (χ3n) is 4.53. The number of fused-ring (bicyclic) bond motifs is 1. The first-order valence-corrected chi connectivity index (χ1v) is 12.4. The Hall–Kier alpha value is -3.06. The Morgan fingerprint density at radius 2 is 2.09 bits per heavy atom. The molecule has 0 atom stereocenters. The largest absolute Gasteiger partial charge is 0.506 e. The van der Waals surface area contributed by atoms with E-state index in [1.807, 2.05) is 30.3 Å². The van der Waals surface area contributed by atoms with Gasteiger partial charge in [-0.25, -0.2) is 18.1 Å². The zero-order valence-corrected chi connectivity index (χ0v) is 19.1. The molecule has 3 aromatic rings. The minimum atomic E-state index is -3.34. The molecule has 0 saturated heterocycles. The highest BCUT2D eigenvalue weighted by molar-refractivity contribution is 7.92. The van der Waals surface area contributed by atoms with Crippen molar-refractivity contribution in [2.24, 2.45) is 0 Å². The number of aromatic nitrogens is 1. The summed E-state index contributed by atoms with van der Waals surface area (Å²) >= 11 is 1.32. The number of nitrogen functional groups attached to an aromatic ring is 1. The van der Waals surface area contributed by atoms with Crippen molar-refractivity contribution in [2.75, 3.05) is 18.9 Å². The molecular formula is C23H25N3O4S2. The predicted molar refractivity (Wildman–Crippen MR) is 129 cm³/mol. The monoisotopic (exact) mass is 471 g/mol. The molecule has 32 heavy (non-hydrogen) atoms. The zero-order valence-electron chi connectivity index (χ0n) is 17.5. The quantitative estimate of drug-likeness (QED) is 0.306. The van der Waals surface area contributed by atoms with Gasteiger partial charge in [0.15, 0.2) is 5.13 Å². The molecule has 168 valence electrons. The molecule has 0 amide bonds. The van der Waals surface area contributed by atoms with E-state index in [0.717, 1.165) is 40.7 Å². The number of ether oxygens (including phenoxy) is 1. The van der Waals surface area contributed by atoms with Gasteiger partial charge in [0.25, 0.3) is 0 Å². The molecule has 7 nitrogen and oxygen atoms in total. The number of aromatic hydroxyl groups is 1. The van der Waals surface area contributed by atoms with Gasteiger partial charge in [0.05, 0.1) is 11.3 Å². The lowest BCUT2D eigenvalue weighted by Gasteiger charge is -2.07. The van der Waals surface area contributed by atoms with Crippen LogP contribution in [0.5, 0.6) is 11.5 Å². The van der Waals surface area contributed by atoms with E-state index in [-0.39, 0.29) is 5.75 Å². The van der Waals surface area contributed by atoms with Crippen molar-refractivity contribution in [2.45, 2.75) is 25.7 Å². The number of anilines is 1. The van der Waals surface area contributed by atoms with Gasteiger partial charge in [-0.1, -0.05) is 41.9 Å². The maximum atomic E-state index is 11.2. The van der Waals surface area contributed by atoms with Crippen LogP contribution in [0.4, 0.5) is 5.13 Å². The van der Waals surface area contributed by atoms with E-state index < -0.39 is 10.0 Å². The number of nitrogens with zero attached hydrogens (tertiary/aromatic N) is 1. The first-order chi connectivity index (χ1) is 15.4. The van der Waals surface area contributed by atoms with Gasteiger partial charge in [-0.05, 0) is 49.1 Å². The molecule has 0 unspecified atom stereocenters. The van der Waals surface area contributed by atoms with Crippen LogP contribution >= 0.6 is 11.3 Å². The van der Waals surface area contributed by atoms with Gasteiger partial charge in [-0.15, -0.1) is 0 Å². The summed E-state index contributed by atoms with van der Waals surface area (Å²) in [6.07, 6.45) is 2.97. The third-order valence-corrected chi connectivity index (χ3v) is 6.40. The van der Waals surface area contributed by atoms with Crippen LogP contribution in [0.1, 0.15) is 30.4 Å². The van der Waals surface area contributed by atoms with Crippen molar-refractivity contribution in [3.05, 3.63) is 59.5 Å². The Bertz CT molecular complexity index is 1260. The number of thiazole rings is 1. The number of rotatable bonds is 10. The molecule has 4 N–H and O–H groups in total. The zero-order chi connectivity index (χ0) is 23.0. The van der Waals surface area contributed by atoms with Gasteiger partial charge in [0.1, 0.15) is 17.0 Å². The summed E-state index contributed by atoms with van der Waals surface area (Å²) in [5.74, 6) is 7.05. The van der Waals surface area contributed by atoms with E-state index >= 15 is 0 Å². The van der Waals surface area contributed by atoms with Gasteiger partial charge in [0, 0.05) is 23.9 Å². The normalized spacial score (nSPS) is 11.1. The summed E-state index contributed by atoms with van der Waals surface area (Å²) in [4.78, 5) is 4.10. The van der Waals surface area contributed by atoms with Crippen molar-refractivity contribution >= 4 is 36.7 Å². The number of hydrogen-bond donors (Lipinski definition) is 3. The number of phenols is 1. The molecular weight excluding hydrogens is 446 g/mol. The van der Waals surface area contributed by atoms with Crippen molar-refractivity contribution in [3.8, 4) is 23.3 Å². The molecule has 0 spiro atoms. The van der Waals surface area contributed by atoms with Crippen LogP contribution in [-0.2, 0) is 16.4 Å². The van der Waals surface area contributed by atoms with Crippen LogP contribution in [0.3, 0.4) is 0 Å². The average molecular weight is 472 g/mol. The van der Waals surface area contributed by atoms with Crippen molar-refractivity contribution in [1.29, 1.82) is 0 Å². The predicted octanol–water partition coefficient (Wildman–Crippen LogP) is 3.79. The molecule has 1 heterocycles. The average Bonchev–Trinajstić information content (AvgIpc) is 3.14. The fourth-order valence-electron chi connectivity index (χ4n) is 2.96. The maximum Gasteiger partial charge on any atom is 0.233 e. The van der Waals surface area contributed by atoms with Crippen LogP contribution in [0.2, 0.25) is 0 Å². The Balaban J connectivity index is 1.46. The molecule has 9 heteroatoms. The Morgan fingerprint density at radius 3 is 2.91 bits per heavy atom. The van der Waals surface area contributed by atoms with Crippen molar-refractivity contribution in [1.82, 2.24) is 9.71 Å². The molecule has 3 rings (SSSR count). The summed E-state index contributed by atoms with van der Waals surface area (Å²) in [7, 11) is -3.34. The fourth-order valence-corrected chi connectivity index (χ4v) is 4.30. The molecule has 0 aliphatic carbocycles. The number of hydrogen-bond acceptors (Lipinski definition) is 7. The second-order valence-electron chi connectivity index (χ2n) is 7.04. The number of nitrogens with two attached hydrogens (primary N) is 1. The van der Waals surface area contributed by atoms with Gasteiger partial charge >= 0.3 is 0 Å². The fraction of sp³-hybridized carbons (Fsp3) is 0.261. The third kappa shape index (κ3) is 6.99. The number of benzene rings is 2. The molecule has 2 aromatic carbocycles. The lowest BCUT2D eigenvalue weighted by Crippen LogP contribution is -2.22. The highest BCUT2D eigenvalue weighted by atomic mass is 32.2. The summed E-state index contributed by atoms with van der Waals surface area (Å²) < 4.78 is 31.5. The second kappa shape index (κ2) is 11.0. The Kier molecular flexibility index (Phi) is 8.11. The molecule has 0 aliphatic heterocycles. The van der Waals surface area contributed by atoms with Crippen LogP contribution < -0.4 is 15.2 Å². The van der Waals surface area contributed by atoms with E-state index in [2.05, 4.69) is 28.1 Å². The van der Waals surface area contributed by atoms with Crippen molar-refractivity contribution < 1.29 is 18.3 Å². The standard InChI is InChI=1S/C23H25N3O4S2/c1-2-32(28,29)25-12-4-3-5-13-30-19-11-7-9-17(14-19)8-6-10-18-15-20(27)22-21(16-18)31-23(24)26-22/h2,7,9,11,14-16,25,27H,1,3-5,8,12-13H2,(H2,24,26). The van der Waals surface area contributed by atoms with E-state index in [4.69, 9.17) is 10.5 Å². The molecule has 0 fully saturated rings. The van der Waals surface area contributed by atoms with Crippen LogP contribution in [0.15, 0.2) is 48.4 Å². The molecule has 1 aromatic heterocycles. The first-order valence-electron chi connectivity index (χ1n) is 10.1. The Labute approximate surface area is 192 Å². The molecule has 0 radical (unpaired) electrons. The number of phenolic OH excluding ortho intramolecular Hbond substituents is 1. The topological polar surface area (TPSA) is 115 Å². The lowest BCUT2D eigenvalue weighted by molar-refractivity contribution is 0.305. The highest BCUT2D eigenvalue weighted by Gasteiger charge is 2.07. The Morgan fingerprint density at radius 1 is 1.25 bits per heavy atom. The van der Waals surface area contributed by atoms with Gasteiger partial charge < -0.3 is 15.6 Å². The van der Waals surface area contributed by atoms with Gasteiger partial charge in [-0.3, -0.25) is 0 Å². The molecule has 0 bridgehead atoms. The second-order valence-corrected chi connectivity index (χ2v) is 9.81. The number of sulfonamides is 1. The number of nitrogens with one attached hydrogen (secondary N) is 1. The summed E-state index contributed by atoms with van der Waals surface area (Å²) in [6, 6.07) is 11.2. The van der Waals surface area contributed by atoms with Gasteiger partial charge in [0.2, 0.25) is 10.0 Å². The van der Waals surface area contributed by atoms with Crippen LogP contribution in [0.25, 0.3) is 10.2 Å². The summed E-state index contributed by atoms with van der Waals surface area (Å²) in [5.41, 5.74) is 7.95. The highest BCUT2D eigenvalue weighted by Crippen LogP contribution is 2.31. The van der Waals surface area contributed by atoms with Crippen LogP contribution in [-0.4, -0.2) is 31.7 Å².